The Hall–Kier alpha value is 0.423. The van der Waals surface area contributed by atoms with E-state index in [2.05, 4.69) is 106 Å². The molecule has 0 aliphatic heterocycles. The first-order chi connectivity index (χ1) is 18.5. The quantitative estimate of drug-likeness (QED) is 0.252. The summed E-state index contributed by atoms with van der Waals surface area (Å²) in [5.74, 6) is 6.13. The van der Waals surface area contributed by atoms with Crippen molar-refractivity contribution < 1.29 is 20.8 Å². The molecular weight excluding hydrogens is 631 g/mol. The molecule has 0 radical (unpaired) electrons. The van der Waals surface area contributed by atoms with Crippen LogP contribution in [0.2, 0.25) is 0 Å². The van der Waals surface area contributed by atoms with E-state index in [4.69, 9.17) is 17.0 Å². The summed E-state index contributed by atoms with van der Waals surface area (Å²) in [6.07, 6.45) is 26.3. The fourth-order valence-electron chi connectivity index (χ4n) is 9.83. The van der Waals surface area contributed by atoms with Gasteiger partial charge in [-0.2, -0.15) is 0 Å². The Bertz CT molecular complexity index is 952. The van der Waals surface area contributed by atoms with Gasteiger partial charge in [-0.05, 0) is 106 Å². The van der Waals surface area contributed by atoms with E-state index in [1.165, 1.54) is 44.9 Å². The molecular formula is C39H64Cl2Zr. The van der Waals surface area contributed by atoms with Crippen LogP contribution in [0, 0.1) is 83.9 Å². The van der Waals surface area contributed by atoms with Gasteiger partial charge in [0.15, 0.2) is 0 Å². The van der Waals surface area contributed by atoms with Crippen molar-refractivity contribution in [1.82, 2.24) is 0 Å². The van der Waals surface area contributed by atoms with Crippen LogP contribution in [0.5, 0.6) is 0 Å². The van der Waals surface area contributed by atoms with E-state index in [1.54, 1.807) is 11.1 Å². The van der Waals surface area contributed by atoms with Crippen molar-refractivity contribution in [3.63, 3.8) is 0 Å². The third-order valence-electron chi connectivity index (χ3n) is 11.9. The summed E-state index contributed by atoms with van der Waals surface area (Å²) in [6, 6.07) is 0. The van der Waals surface area contributed by atoms with Crippen LogP contribution in [-0.2, 0) is 20.8 Å². The van der Waals surface area contributed by atoms with E-state index in [1.807, 2.05) is 0 Å². The molecule has 3 heteroatoms. The molecule has 5 aliphatic carbocycles. The summed E-state index contributed by atoms with van der Waals surface area (Å²) in [7, 11) is 9.87. The number of fused-ring (bicyclic) bond motifs is 3. The van der Waals surface area contributed by atoms with Gasteiger partial charge in [0.1, 0.15) is 0 Å². The number of halogens is 2. The predicted octanol–water partition coefficient (Wildman–Crippen LogP) is 13.1. The van der Waals surface area contributed by atoms with E-state index in [9.17, 15) is 0 Å². The van der Waals surface area contributed by atoms with Crippen LogP contribution in [0.1, 0.15) is 114 Å². The van der Waals surface area contributed by atoms with Crippen molar-refractivity contribution >= 4 is 17.0 Å². The predicted molar refractivity (Wildman–Crippen MR) is 186 cm³/mol. The van der Waals surface area contributed by atoms with E-state index in [0.29, 0.717) is 34.5 Å². The Labute approximate surface area is 281 Å². The van der Waals surface area contributed by atoms with Crippen LogP contribution in [0.3, 0.4) is 0 Å². The van der Waals surface area contributed by atoms with Crippen molar-refractivity contribution in [1.29, 1.82) is 0 Å². The molecule has 0 nitrogen and oxygen atoms in total. The number of allylic oxidation sites excluding steroid dienone is 8. The zero-order chi connectivity index (χ0) is 29.7. The van der Waals surface area contributed by atoms with Crippen LogP contribution in [0.25, 0.3) is 0 Å². The first kappa shape index (κ1) is 38.6. The van der Waals surface area contributed by atoms with Crippen molar-refractivity contribution in [3.05, 3.63) is 62.5 Å². The van der Waals surface area contributed by atoms with Gasteiger partial charge in [-0.25, -0.2) is 0 Å². The van der Waals surface area contributed by atoms with Gasteiger partial charge in [0, 0.05) is 0 Å². The average molecular weight is 695 g/mol. The topological polar surface area (TPSA) is 0 Å². The molecule has 5 aliphatic rings. The normalized spacial score (nSPS) is 35.2. The van der Waals surface area contributed by atoms with Gasteiger partial charge < -0.3 is 14.9 Å². The van der Waals surface area contributed by atoms with Crippen LogP contribution < -0.4 is 0 Å². The molecule has 0 amide bonds. The third-order valence-corrected chi connectivity index (χ3v) is 11.9. The van der Waals surface area contributed by atoms with Gasteiger partial charge in [0.25, 0.3) is 0 Å². The maximum absolute atomic E-state index is 4.93. The summed E-state index contributed by atoms with van der Waals surface area (Å²) in [5.41, 5.74) is 4.51. The Morgan fingerprint density at radius 3 is 1.48 bits per heavy atom. The fraction of sp³-hybridized carbons (Fsp3) is 0.744. The van der Waals surface area contributed by atoms with Gasteiger partial charge in [0.2, 0.25) is 0 Å². The van der Waals surface area contributed by atoms with Gasteiger partial charge >= 0.3 is 37.9 Å². The molecule has 0 heterocycles. The third kappa shape index (κ3) is 7.68. The molecule has 3 saturated carbocycles. The number of rotatable bonds is 2. The standard InChI is InChI=1S/C37H58.2CH3.2ClH.Zr/c1-24-20-27(36(8,9)10)23-32(24)37(18-12-11-13-19-37)33-28-16-14-25(34(2,3)4)21-30(28)31-22-26(35(5,6)7)15-17-29(31)33;;;;;/h14-17,21-22,24,27-33H,11-13,18-20,23H2,1-10H3;2*1H3;2*1H;/q;2*-1;;;+4/p-2. The molecule has 7 unspecified atom stereocenters. The Balaban J connectivity index is 0.00000118. The second kappa shape index (κ2) is 14.5. The molecule has 5 rings (SSSR count). The van der Waals surface area contributed by atoms with Crippen molar-refractivity contribution in [2.24, 2.45) is 69.0 Å². The van der Waals surface area contributed by atoms with Gasteiger partial charge in [-0.1, -0.05) is 125 Å². The molecule has 0 aromatic heterocycles. The Morgan fingerprint density at radius 2 is 1.12 bits per heavy atom. The van der Waals surface area contributed by atoms with Crippen molar-refractivity contribution in [2.45, 2.75) is 114 Å². The van der Waals surface area contributed by atoms with Crippen molar-refractivity contribution in [2.75, 3.05) is 0 Å². The van der Waals surface area contributed by atoms with Crippen LogP contribution in [0.15, 0.2) is 47.6 Å². The number of hydrogen-bond acceptors (Lipinski definition) is 0. The molecule has 3 fully saturated rings. The first-order valence-electron chi connectivity index (χ1n) is 16.3. The minimum absolute atomic E-state index is 0. The van der Waals surface area contributed by atoms with Gasteiger partial charge in [0.05, 0.1) is 0 Å². The molecule has 0 aromatic rings. The average Bonchev–Trinajstić information content (AvgIpc) is 3.42. The molecule has 0 spiro atoms. The van der Waals surface area contributed by atoms with E-state index in [0.717, 1.165) is 23.7 Å². The number of hydrogen-bond donors (Lipinski definition) is 0. The summed E-state index contributed by atoms with van der Waals surface area (Å²) in [4.78, 5) is 0. The van der Waals surface area contributed by atoms with E-state index >= 15 is 0 Å². The molecule has 0 bridgehead atoms. The van der Waals surface area contributed by atoms with Crippen LogP contribution >= 0.6 is 17.0 Å². The zero-order valence-corrected chi connectivity index (χ0v) is 33.3. The second-order valence-corrected chi connectivity index (χ2v) is 21.0. The Kier molecular flexibility index (Phi) is 13.3. The van der Waals surface area contributed by atoms with Crippen LogP contribution in [-0.4, -0.2) is 0 Å². The van der Waals surface area contributed by atoms with E-state index < -0.39 is 20.8 Å². The molecule has 0 N–H and O–H groups in total. The Morgan fingerprint density at radius 1 is 0.690 bits per heavy atom. The summed E-state index contributed by atoms with van der Waals surface area (Å²) in [5, 5.41) is 0. The molecule has 0 saturated heterocycles. The second-order valence-electron chi connectivity index (χ2n) is 17.3. The molecule has 42 heavy (non-hydrogen) atoms. The summed E-state index contributed by atoms with van der Waals surface area (Å²) < 4.78 is 0. The summed E-state index contributed by atoms with van der Waals surface area (Å²) in [6.45, 7) is 24.6. The van der Waals surface area contributed by atoms with Crippen LogP contribution in [0.4, 0.5) is 0 Å². The minimum atomic E-state index is -0.826. The molecule has 0 aromatic carbocycles. The molecule has 238 valence electrons. The first-order valence-corrected chi connectivity index (χ1v) is 22.6. The summed E-state index contributed by atoms with van der Waals surface area (Å²) >= 11 is -0.826. The van der Waals surface area contributed by atoms with E-state index in [-0.39, 0.29) is 25.7 Å². The SMILES string of the molecule is CC1CC(C(C)(C)C)CC1C1(C2C3C=CC(C(C)(C)C)=CC3C3C=C(C(C)(C)C)C=CC32)CCCCC1.[CH3-].[CH3-].[Cl][Zr+2][Cl]. The maximum atomic E-state index is 4.93. The monoisotopic (exact) mass is 692 g/mol. The van der Waals surface area contributed by atoms with Crippen molar-refractivity contribution in [3.8, 4) is 0 Å². The van der Waals surface area contributed by atoms with Gasteiger partial charge in [-0.15, -0.1) is 0 Å². The van der Waals surface area contributed by atoms with Gasteiger partial charge in [-0.3, -0.25) is 0 Å². The molecule has 7 atom stereocenters. The zero-order valence-electron chi connectivity index (χ0n) is 29.3. The fourth-order valence-corrected chi connectivity index (χ4v) is 9.83.